The van der Waals surface area contributed by atoms with Crippen molar-refractivity contribution >= 4 is 43.5 Å². The largest absolute Gasteiger partial charge is 0.436 e. The van der Waals surface area contributed by atoms with Gasteiger partial charge in [0.15, 0.2) is 0 Å². The minimum Gasteiger partial charge on any atom is -0.436 e. The van der Waals surface area contributed by atoms with Crippen molar-refractivity contribution in [3.8, 4) is 11.6 Å². The van der Waals surface area contributed by atoms with Crippen molar-refractivity contribution in [2.45, 2.75) is 0 Å². The monoisotopic (exact) mass is 379 g/mol. The maximum Gasteiger partial charge on any atom is 0.233 e. The van der Waals surface area contributed by atoms with E-state index in [2.05, 4.69) is 36.8 Å². The molecule has 0 aliphatic rings. The second-order valence-electron chi connectivity index (χ2n) is 3.12. The molecule has 0 N–H and O–H groups in total. The predicted octanol–water partition coefficient (Wildman–Crippen LogP) is 5.19. The Hall–Kier alpha value is -0.650. The van der Waals surface area contributed by atoms with Crippen molar-refractivity contribution in [1.29, 1.82) is 0 Å². The minimum absolute atomic E-state index is 0.196. The van der Waals surface area contributed by atoms with E-state index in [1.807, 2.05) is 0 Å². The molecule has 0 saturated heterocycles. The van der Waals surface area contributed by atoms with Gasteiger partial charge in [0.25, 0.3) is 0 Å². The zero-order chi connectivity index (χ0) is 12.4. The fraction of sp³-hybridized carbons (Fsp3) is 0. The van der Waals surface area contributed by atoms with E-state index in [-0.39, 0.29) is 5.02 Å². The number of aromatic nitrogens is 1. The molecule has 1 heterocycles. The number of hydrogen-bond donors (Lipinski definition) is 0. The van der Waals surface area contributed by atoms with Crippen LogP contribution in [0.4, 0.5) is 4.39 Å². The van der Waals surface area contributed by atoms with Gasteiger partial charge in [0, 0.05) is 10.7 Å². The Kier molecular flexibility index (Phi) is 4.01. The molecule has 0 amide bonds. The molecule has 0 bridgehead atoms. The van der Waals surface area contributed by atoms with Crippen LogP contribution in [-0.4, -0.2) is 4.98 Å². The number of halogens is 4. The molecule has 0 atom stereocenters. The third kappa shape index (κ3) is 3.18. The SMILES string of the molecule is Fc1ccc(Oc2ncc(Br)cc2Br)c(Cl)c1. The number of ether oxygens (including phenoxy) is 1. The van der Waals surface area contributed by atoms with Crippen LogP contribution in [0.2, 0.25) is 5.02 Å². The van der Waals surface area contributed by atoms with E-state index in [1.165, 1.54) is 18.2 Å². The highest BCUT2D eigenvalue weighted by molar-refractivity contribution is 9.11. The van der Waals surface area contributed by atoms with E-state index in [1.54, 1.807) is 12.3 Å². The fourth-order valence-corrected chi connectivity index (χ4v) is 2.41. The van der Waals surface area contributed by atoms with Gasteiger partial charge in [-0.3, -0.25) is 0 Å². The predicted molar refractivity (Wildman–Crippen MR) is 71.1 cm³/mol. The Bertz CT molecular complexity index is 516. The van der Waals surface area contributed by atoms with Crippen LogP contribution in [0.1, 0.15) is 0 Å². The third-order valence-electron chi connectivity index (χ3n) is 1.87. The second kappa shape index (κ2) is 5.33. The first-order valence-electron chi connectivity index (χ1n) is 4.50. The van der Waals surface area contributed by atoms with Gasteiger partial charge in [0.2, 0.25) is 5.88 Å². The lowest BCUT2D eigenvalue weighted by Crippen LogP contribution is -1.90. The zero-order valence-corrected chi connectivity index (χ0v) is 12.2. The molecule has 0 aliphatic carbocycles. The van der Waals surface area contributed by atoms with Crippen LogP contribution in [0.5, 0.6) is 11.6 Å². The Morgan fingerprint density at radius 2 is 2.00 bits per heavy atom. The number of pyridine rings is 1. The van der Waals surface area contributed by atoms with Gasteiger partial charge >= 0.3 is 0 Å². The topological polar surface area (TPSA) is 22.1 Å². The van der Waals surface area contributed by atoms with Crippen LogP contribution < -0.4 is 4.74 Å². The molecule has 17 heavy (non-hydrogen) atoms. The van der Waals surface area contributed by atoms with Gasteiger partial charge in [-0.2, -0.15) is 0 Å². The maximum atomic E-state index is 12.8. The average Bonchev–Trinajstić information content (AvgIpc) is 2.25. The minimum atomic E-state index is -0.412. The summed E-state index contributed by atoms with van der Waals surface area (Å²) in [6, 6.07) is 5.70. The summed E-state index contributed by atoms with van der Waals surface area (Å²) < 4.78 is 19.8. The summed E-state index contributed by atoms with van der Waals surface area (Å²) in [4.78, 5) is 4.07. The quantitative estimate of drug-likeness (QED) is 0.714. The first kappa shape index (κ1) is 12.8. The van der Waals surface area contributed by atoms with E-state index < -0.39 is 5.82 Å². The van der Waals surface area contributed by atoms with Crippen molar-refractivity contribution in [3.05, 3.63) is 50.2 Å². The lowest BCUT2D eigenvalue weighted by Gasteiger charge is -2.08. The van der Waals surface area contributed by atoms with Crippen molar-refractivity contribution in [2.24, 2.45) is 0 Å². The van der Waals surface area contributed by atoms with Crippen LogP contribution in [0, 0.1) is 5.82 Å². The molecule has 0 unspecified atom stereocenters. The van der Waals surface area contributed by atoms with Gasteiger partial charge in [0.1, 0.15) is 11.6 Å². The van der Waals surface area contributed by atoms with Gasteiger partial charge in [-0.25, -0.2) is 9.37 Å². The molecule has 2 nitrogen and oxygen atoms in total. The maximum absolute atomic E-state index is 12.8. The van der Waals surface area contributed by atoms with Crippen molar-refractivity contribution in [1.82, 2.24) is 4.98 Å². The molecule has 0 fully saturated rings. The summed E-state index contributed by atoms with van der Waals surface area (Å²) in [6.07, 6.45) is 1.59. The average molecular weight is 381 g/mol. The molecule has 0 saturated carbocycles. The Labute approximate surface area is 119 Å². The molecule has 88 valence electrons. The van der Waals surface area contributed by atoms with Crippen molar-refractivity contribution in [2.75, 3.05) is 0 Å². The van der Waals surface area contributed by atoms with Crippen molar-refractivity contribution in [3.63, 3.8) is 0 Å². The van der Waals surface area contributed by atoms with Crippen LogP contribution in [-0.2, 0) is 0 Å². The first-order chi connectivity index (χ1) is 8.06. The van der Waals surface area contributed by atoms with E-state index in [4.69, 9.17) is 16.3 Å². The number of benzene rings is 1. The summed E-state index contributed by atoms with van der Waals surface area (Å²) in [5, 5.41) is 0.196. The number of hydrogen-bond acceptors (Lipinski definition) is 2. The highest BCUT2D eigenvalue weighted by Gasteiger charge is 2.08. The second-order valence-corrected chi connectivity index (χ2v) is 5.29. The lowest BCUT2D eigenvalue weighted by molar-refractivity contribution is 0.458. The van der Waals surface area contributed by atoms with Crippen molar-refractivity contribution < 1.29 is 9.13 Å². The first-order valence-corrected chi connectivity index (χ1v) is 6.46. The summed E-state index contributed by atoms with van der Waals surface area (Å²) in [5.41, 5.74) is 0. The fourth-order valence-electron chi connectivity index (χ4n) is 1.14. The van der Waals surface area contributed by atoms with Gasteiger partial charge in [0.05, 0.1) is 9.50 Å². The molecule has 6 heteroatoms. The molecular weight excluding hydrogens is 376 g/mol. The van der Waals surface area contributed by atoms with Crippen LogP contribution in [0.15, 0.2) is 39.4 Å². The van der Waals surface area contributed by atoms with E-state index in [0.29, 0.717) is 16.1 Å². The normalized spacial score (nSPS) is 10.4. The highest BCUT2D eigenvalue weighted by atomic mass is 79.9. The van der Waals surface area contributed by atoms with Crippen LogP contribution in [0.25, 0.3) is 0 Å². The summed E-state index contributed by atoms with van der Waals surface area (Å²) >= 11 is 12.4. The summed E-state index contributed by atoms with van der Waals surface area (Å²) in [5.74, 6) is 0.301. The van der Waals surface area contributed by atoms with Crippen LogP contribution >= 0.6 is 43.5 Å². The van der Waals surface area contributed by atoms with E-state index in [0.717, 1.165) is 4.47 Å². The van der Waals surface area contributed by atoms with Gasteiger partial charge in [-0.05, 0) is 56.1 Å². The summed E-state index contributed by atoms with van der Waals surface area (Å²) in [7, 11) is 0. The van der Waals surface area contributed by atoms with Gasteiger partial charge in [-0.15, -0.1) is 0 Å². The standard InChI is InChI=1S/C11H5Br2ClFNO/c12-6-3-8(13)11(16-5-6)17-10-2-1-7(15)4-9(10)14/h1-5H. The van der Waals surface area contributed by atoms with Gasteiger partial charge < -0.3 is 4.74 Å². The third-order valence-corrected chi connectivity index (χ3v) is 3.17. The van der Waals surface area contributed by atoms with E-state index >= 15 is 0 Å². The molecule has 0 radical (unpaired) electrons. The molecular formula is C11H5Br2ClFNO. The molecule has 2 aromatic rings. The molecule has 0 spiro atoms. The van der Waals surface area contributed by atoms with Crippen LogP contribution in [0.3, 0.4) is 0 Å². The highest BCUT2D eigenvalue weighted by Crippen LogP contribution is 2.33. The zero-order valence-electron chi connectivity index (χ0n) is 8.25. The van der Waals surface area contributed by atoms with E-state index in [9.17, 15) is 4.39 Å². The number of rotatable bonds is 2. The number of nitrogens with zero attached hydrogens (tertiary/aromatic N) is 1. The lowest BCUT2D eigenvalue weighted by atomic mass is 10.3. The Morgan fingerprint density at radius 1 is 1.24 bits per heavy atom. The smallest absolute Gasteiger partial charge is 0.233 e. The molecule has 1 aromatic heterocycles. The molecule has 0 aliphatic heterocycles. The van der Waals surface area contributed by atoms with Gasteiger partial charge in [-0.1, -0.05) is 11.6 Å². The Morgan fingerprint density at radius 3 is 2.65 bits per heavy atom. The molecule has 1 aromatic carbocycles. The summed E-state index contributed by atoms with van der Waals surface area (Å²) in [6.45, 7) is 0. The Balaban J connectivity index is 2.31. The molecule has 2 rings (SSSR count).